The van der Waals surface area contributed by atoms with Gasteiger partial charge in [0, 0.05) is 23.4 Å². The van der Waals surface area contributed by atoms with Gasteiger partial charge in [0.25, 0.3) is 5.91 Å². The molecule has 0 fully saturated rings. The van der Waals surface area contributed by atoms with Crippen LogP contribution < -0.4 is 10.1 Å². The van der Waals surface area contributed by atoms with E-state index in [2.05, 4.69) is 10.4 Å². The molecule has 0 atom stereocenters. The molecule has 0 spiro atoms. The Bertz CT molecular complexity index is 884. The molecule has 2 aromatic carbocycles. The van der Waals surface area contributed by atoms with Crippen molar-refractivity contribution in [3.63, 3.8) is 0 Å². The molecule has 0 aliphatic carbocycles. The second-order valence-electron chi connectivity index (χ2n) is 6.04. The summed E-state index contributed by atoms with van der Waals surface area (Å²) >= 11 is 0. The van der Waals surface area contributed by atoms with Gasteiger partial charge in [-0.15, -0.1) is 0 Å². The first-order chi connectivity index (χ1) is 12.6. The van der Waals surface area contributed by atoms with E-state index in [4.69, 9.17) is 4.74 Å². The Balaban J connectivity index is 1.71. The number of hydrogen-bond donors (Lipinski definition) is 1. The van der Waals surface area contributed by atoms with Crippen molar-refractivity contribution in [2.45, 2.75) is 27.3 Å². The molecule has 1 N–H and O–H groups in total. The second kappa shape index (κ2) is 7.87. The molecule has 5 nitrogen and oxygen atoms in total. The molecule has 1 heterocycles. The van der Waals surface area contributed by atoms with E-state index in [9.17, 15) is 4.79 Å². The number of aromatic nitrogens is 2. The summed E-state index contributed by atoms with van der Waals surface area (Å²) in [6.45, 7) is 6.96. The topological polar surface area (TPSA) is 56.1 Å². The van der Waals surface area contributed by atoms with E-state index in [1.807, 2.05) is 67.9 Å². The monoisotopic (exact) mass is 349 g/mol. The summed E-state index contributed by atoms with van der Waals surface area (Å²) in [5.74, 6) is 0.652. The van der Waals surface area contributed by atoms with Crippen LogP contribution >= 0.6 is 0 Å². The summed E-state index contributed by atoms with van der Waals surface area (Å²) in [6.07, 6.45) is 0. The first kappa shape index (κ1) is 17.7. The van der Waals surface area contributed by atoms with Crippen molar-refractivity contribution in [2.24, 2.45) is 0 Å². The average molecular weight is 349 g/mol. The Labute approximate surface area is 153 Å². The summed E-state index contributed by atoms with van der Waals surface area (Å²) in [5.41, 5.74) is 4.60. The van der Waals surface area contributed by atoms with Crippen LogP contribution in [0.4, 0.5) is 0 Å². The number of para-hydroxylation sites is 1. The molecule has 134 valence electrons. The van der Waals surface area contributed by atoms with E-state index in [-0.39, 0.29) is 5.91 Å². The van der Waals surface area contributed by atoms with E-state index in [0.29, 0.717) is 18.7 Å². The first-order valence-electron chi connectivity index (χ1n) is 8.71. The molecule has 0 radical (unpaired) electrons. The summed E-state index contributed by atoms with van der Waals surface area (Å²) in [6, 6.07) is 17.1. The van der Waals surface area contributed by atoms with Crippen LogP contribution in [0.25, 0.3) is 5.69 Å². The Morgan fingerprint density at radius 3 is 2.42 bits per heavy atom. The van der Waals surface area contributed by atoms with Gasteiger partial charge in [-0.1, -0.05) is 18.2 Å². The van der Waals surface area contributed by atoms with Crippen LogP contribution in [-0.2, 0) is 6.54 Å². The summed E-state index contributed by atoms with van der Waals surface area (Å²) in [4.78, 5) is 12.4. The van der Waals surface area contributed by atoms with E-state index in [0.717, 1.165) is 28.4 Å². The molecule has 0 saturated heterocycles. The van der Waals surface area contributed by atoms with Crippen molar-refractivity contribution in [1.29, 1.82) is 0 Å². The SMILES string of the molecule is CCOc1ccc(C(=O)NCc2c(C)nn(-c3ccccc3)c2C)cc1. The van der Waals surface area contributed by atoms with Gasteiger partial charge < -0.3 is 10.1 Å². The number of nitrogens with one attached hydrogen (secondary N) is 1. The van der Waals surface area contributed by atoms with Crippen molar-refractivity contribution in [3.05, 3.63) is 77.1 Å². The maximum Gasteiger partial charge on any atom is 0.251 e. The second-order valence-corrected chi connectivity index (χ2v) is 6.04. The largest absolute Gasteiger partial charge is 0.494 e. The minimum Gasteiger partial charge on any atom is -0.494 e. The highest BCUT2D eigenvalue weighted by molar-refractivity contribution is 5.94. The molecule has 5 heteroatoms. The number of carbonyl (C=O) groups is 1. The number of carbonyl (C=O) groups excluding carboxylic acids is 1. The fourth-order valence-corrected chi connectivity index (χ4v) is 2.89. The number of aryl methyl sites for hydroxylation is 1. The Hall–Kier alpha value is -3.08. The lowest BCUT2D eigenvalue weighted by atomic mass is 10.1. The molecule has 0 unspecified atom stereocenters. The third-order valence-corrected chi connectivity index (χ3v) is 4.30. The zero-order valence-corrected chi connectivity index (χ0v) is 15.3. The number of benzene rings is 2. The molecular weight excluding hydrogens is 326 g/mol. The number of rotatable bonds is 6. The van der Waals surface area contributed by atoms with Gasteiger partial charge in [-0.25, -0.2) is 4.68 Å². The molecule has 26 heavy (non-hydrogen) atoms. The minimum absolute atomic E-state index is 0.112. The molecule has 1 aromatic heterocycles. The molecule has 0 aliphatic heterocycles. The summed E-state index contributed by atoms with van der Waals surface area (Å²) in [7, 11) is 0. The van der Waals surface area contributed by atoms with Gasteiger partial charge in [-0.05, 0) is 57.2 Å². The standard InChI is InChI=1S/C21H23N3O2/c1-4-26-19-12-10-17(11-13-19)21(25)22-14-20-15(2)23-24(16(20)3)18-8-6-5-7-9-18/h5-13H,4,14H2,1-3H3,(H,22,25). The van der Waals surface area contributed by atoms with E-state index < -0.39 is 0 Å². The molecule has 3 rings (SSSR count). The van der Waals surface area contributed by atoms with Gasteiger partial charge >= 0.3 is 0 Å². The molecule has 3 aromatic rings. The Kier molecular flexibility index (Phi) is 5.37. The quantitative estimate of drug-likeness (QED) is 0.736. The highest BCUT2D eigenvalue weighted by atomic mass is 16.5. The van der Waals surface area contributed by atoms with Gasteiger partial charge in [-0.2, -0.15) is 5.10 Å². The zero-order chi connectivity index (χ0) is 18.5. The Morgan fingerprint density at radius 2 is 1.77 bits per heavy atom. The zero-order valence-electron chi connectivity index (χ0n) is 15.3. The first-order valence-corrected chi connectivity index (χ1v) is 8.71. The number of amides is 1. The molecule has 0 aliphatic rings. The Morgan fingerprint density at radius 1 is 1.08 bits per heavy atom. The van der Waals surface area contributed by atoms with E-state index in [1.165, 1.54) is 0 Å². The van der Waals surface area contributed by atoms with Crippen LogP contribution in [0.5, 0.6) is 5.75 Å². The number of hydrogen-bond acceptors (Lipinski definition) is 3. The lowest BCUT2D eigenvalue weighted by Gasteiger charge is -2.08. The smallest absolute Gasteiger partial charge is 0.251 e. The van der Waals surface area contributed by atoms with Gasteiger partial charge in [-0.3, -0.25) is 4.79 Å². The van der Waals surface area contributed by atoms with Gasteiger partial charge in [0.05, 0.1) is 18.0 Å². The lowest BCUT2D eigenvalue weighted by Crippen LogP contribution is -2.23. The average Bonchev–Trinajstić information content (AvgIpc) is 2.95. The lowest BCUT2D eigenvalue weighted by molar-refractivity contribution is 0.0951. The third kappa shape index (κ3) is 3.77. The summed E-state index contributed by atoms with van der Waals surface area (Å²) < 4.78 is 7.31. The van der Waals surface area contributed by atoms with Crippen LogP contribution in [0, 0.1) is 13.8 Å². The van der Waals surface area contributed by atoms with Crippen LogP contribution in [0.1, 0.15) is 34.2 Å². The van der Waals surface area contributed by atoms with Gasteiger partial charge in [0.15, 0.2) is 0 Å². The van der Waals surface area contributed by atoms with Crippen LogP contribution in [-0.4, -0.2) is 22.3 Å². The number of ether oxygens (including phenoxy) is 1. The molecular formula is C21H23N3O2. The van der Waals surface area contributed by atoms with Crippen LogP contribution in [0.3, 0.4) is 0 Å². The molecule has 0 bridgehead atoms. The van der Waals surface area contributed by atoms with Crippen molar-refractivity contribution in [1.82, 2.24) is 15.1 Å². The van der Waals surface area contributed by atoms with E-state index in [1.54, 1.807) is 12.1 Å². The van der Waals surface area contributed by atoms with Crippen molar-refractivity contribution in [2.75, 3.05) is 6.61 Å². The highest BCUT2D eigenvalue weighted by Gasteiger charge is 2.14. The third-order valence-electron chi connectivity index (χ3n) is 4.30. The van der Waals surface area contributed by atoms with Crippen LogP contribution in [0.2, 0.25) is 0 Å². The molecule has 0 saturated carbocycles. The van der Waals surface area contributed by atoms with Gasteiger partial charge in [0.2, 0.25) is 0 Å². The molecule has 1 amide bonds. The maximum atomic E-state index is 12.4. The van der Waals surface area contributed by atoms with Crippen molar-refractivity contribution >= 4 is 5.91 Å². The number of nitrogens with zero attached hydrogens (tertiary/aromatic N) is 2. The summed E-state index contributed by atoms with van der Waals surface area (Å²) in [5, 5.41) is 7.59. The fourth-order valence-electron chi connectivity index (χ4n) is 2.89. The maximum absolute atomic E-state index is 12.4. The predicted molar refractivity (Wildman–Crippen MR) is 102 cm³/mol. The fraction of sp³-hybridized carbons (Fsp3) is 0.238. The van der Waals surface area contributed by atoms with Crippen molar-refractivity contribution in [3.8, 4) is 11.4 Å². The minimum atomic E-state index is -0.112. The van der Waals surface area contributed by atoms with Crippen molar-refractivity contribution < 1.29 is 9.53 Å². The van der Waals surface area contributed by atoms with Crippen LogP contribution in [0.15, 0.2) is 54.6 Å². The normalized spacial score (nSPS) is 10.6. The van der Waals surface area contributed by atoms with E-state index >= 15 is 0 Å². The predicted octanol–water partition coefficient (Wildman–Crippen LogP) is 3.82. The highest BCUT2D eigenvalue weighted by Crippen LogP contribution is 2.18. The van der Waals surface area contributed by atoms with Gasteiger partial charge in [0.1, 0.15) is 5.75 Å².